The van der Waals surface area contributed by atoms with Gasteiger partial charge < -0.3 is 15.3 Å². The molecule has 1 fully saturated rings. The molecule has 138 valence electrons. The molecule has 6 nitrogen and oxygen atoms in total. The molecule has 0 spiro atoms. The van der Waals surface area contributed by atoms with Crippen molar-refractivity contribution in [3.8, 4) is 0 Å². The molecule has 0 unspecified atom stereocenters. The van der Waals surface area contributed by atoms with E-state index >= 15 is 0 Å². The molecule has 2 aliphatic rings. The van der Waals surface area contributed by atoms with E-state index in [-0.39, 0.29) is 17.9 Å². The second-order valence-corrected chi connectivity index (χ2v) is 6.96. The molecule has 1 heterocycles. The molecule has 1 aromatic rings. The minimum Gasteiger partial charge on any atom is -0.481 e. The maximum Gasteiger partial charge on any atom is 0.307 e. The Kier molecular flexibility index (Phi) is 5.40. The van der Waals surface area contributed by atoms with Gasteiger partial charge in [-0.2, -0.15) is 0 Å². The molecular weight excluding hydrogens is 332 g/mol. The van der Waals surface area contributed by atoms with Gasteiger partial charge in [0, 0.05) is 18.7 Å². The molecule has 0 saturated carbocycles. The number of nitrogens with zero attached hydrogens (tertiary/aromatic N) is 1. The van der Waals surface area contributed by atoms with Crippen LogP contribution in [0.25, 0.3) is 0 Å². The van der Waals surface area contributed by atoms with E-state index in [9.17, 15) is 19.5 Å². The highest BCUT2D eigenvalue weighted by atomic mass is 16.4. The lowest BCUT2D eigenvalue weighted by Gasteiger charge is -2.26. The van der Waals surface area contributed by atoms with Gasteiger partial charge in [-0.05, 0) is 43.9 Å². The number of nitrogens with one attached hydrogen (secondary N) is 1. The largest absolute Gasteiger partial charge is 0.481 e. The van der Waals surface area contributed by atoms with Gasteiger partial charge in [-0.25, -0.2) is 0 Å². The van der Waals surface area contributed by atoms with Crippen LogP contribution in [0.5, 0.6) is 0 Å². The SMILES string of the molecule is C[C@H](NC(=O)[C@@H]1CC=CC[C@@H]1C(=O)O)c1ccc(N2CCCC2=O)cc1. The van der Waals surface area contributed by atoms with Crippen LogP contribution in [0, 0.1) is 11.8 Å². The smallest absolute Gasteiger partial charge is 0.307 e. The molecule has 2 amide bonds. The van der Waals surface area contributed by atoms with E-state index in [0.717, 1.165) is 24.2 Å². The van der Waals surface area contributed by atoms with Crippen molar-refractivity contribution >= 4 is 23.5 Å². The molecule has 26 heavy (non-hydrogen) atoms. The van der Waals surface area contributed by atoms with Gasteiger partial charge in [-0.15, -0.1) is 0 Å². The van der Waals surface area contributed by atoms with E-state index in [1.807, 2.05) is 43.3 Å². The zero-order valence-electron chi connectivity index (χ0n) is 14.9. The zero-order chi connectivity index (χ0) is 18.7. The minimum atomic E-state index is -0.929. The number of anilines is 1. The topological polar surface area (TPSA) is 86.7 Å². The first-order valence-corrected chi connectivity index (χ1v) is 9.06. The molecular formula is C20H24N2O4. The predicted octanol–water partition coefficient (Wildman–Crippen LogP) is 2.66. The van der Waals surface area contributed by atoms with E-state index in [1.54, 1.807) is 4.90 Å². The number of hydrogen-bond acceptors (Lipinski definition) is 3. The Hall–Kier alpha value is -2.63. The second kappa shape index (κ2) is 7.72. The molecule has 2 N–H and O–H groups in total. The summed E-state index contributed by atoms with van der Waals surface area (Å²) in [7, 11) is 0. The van der Waals surface area contributed by atoms with E-state index in [4.69, 9.17) is 0 Å². The van der Waals surface area contributed by atoms with Gasteiger partial charge in [-0.1, -0.05) is 24.3 Å². The Bertz CT molecular complexity index is 726. The van der Waals surface area contributed by atoms with Gasteiger partial charge in [0.05, 0.1) is 17.9 Å². The van der Waals surface area contributed by atoms with E-state index in [1.165, 1.54) is 0 Å². The van der Waals surface area contributed by atoms with Crippen LogP contribution in [0.3, 0.4) is 0 Å². The third-order valence-electron chi connectivity index (χ3n) is 5.22. The molecule has 3 atom stereocenters. The third-order valence-corrected chi connectivity index (χ3v) is 5.22. The lowest BCUT2D eigenvalue weighted by molar-refractivity contribution is -0.147. The first-order chi connectivity index (χ1) is 12.5. The van der Waals surface area contributed by atoms with Crippen molar-refractivity contribution in [2.75, 3.05) is 11.4 Å². The average Bonchev–Trinajstić information content (AvgIpc) is 3.07. The summed E-state index contributed by atoms with van der Waals surface area (Å²) in [5, 5.41) is 12.3. The van der Waals surface area contributed by atoms with Gasteiger partial charge in [0.25, 0.3) is 0 Å². The first-order valence-electron chi connectivity index (χ1n) is 9.06. The van der Waals surface area contributed by atoms with Crippen LogP contribution in [0.4, 0.5) is 5.69 Å². The highest BCUT2D eigenvalue weighted by Crippen LogP contribution is 2.28. The Morgan fingerprint density at radius 3 is 2.38 bits per heavy atom. The molecule has 1 aliphatic carbocycles. The molecule has 0 bridgehead atoms. The predicted molar refractivity (Wildman–Crippen MR) is 97.6 cm³/mol. The van der Waals surface area contributed by atoms with Crippen LogP contribution in [0.1, 0.15) is 44.2 Å². The maximum absolute atomic E-state index is 12.6. The molecule has 0 aromatic heterocycles. The van der Waals surface area contributed by atoms with Crippen molar-refractivity contribution in [1.29, 1.82) is 0 Å². The number of carboxylic acids is 1. The summed E-state index contributed by atoms with van der Waals surface area (Å²) >= 11 is 0. The van der Waals surface area contributed by atoms with Crippen molar-refractivity contribution in [3.05, 3.63) is 42.0 Å². The van der Waals surface area contributed by atoms with Gasteiger partial charge in [-0.3, -0.25) is 14.4 Å². The number of allylic oxidation sites excluding steroid dienone is 2. The quantitative estimate of drug-likeness (QED) is 0.794. The van der Waals surface area contributed by atoms with Crippen LogP contribution < -0.4 is 10.2 Å². The first kappa shape index (κ1) is 18.2. The van der Waals surface area contributed by atoms with Gasteiger partial charge in [0.15, 0.2) is 0 Å². The number of carboxylic acid groups (broad SMARTS) is 1. The molecule has 1 aromatic carbocycles. The Labute approximate surface area is 152 Å². The summed E-state index contributed by atoms with van der Waals surface area (Å²) in [4.78, 5) is 37.5. The van der Waals surface area contributed by atoms with Crippen LogP contribution in [0.15, 0.2) is 36.4 Å². The van der Waals surface area contributed by atoms with Gasteiger partial charge >= 0.3 is 5.97 Å². The summed E-state index contributed by atoms with van der Waals surface area (Å²) in [6.45, 7) is 2.62. The molecule has 1 aliphatic heterocycles. The molecule has 6 heteroatoms. The van der Waals surface area contributed by atoms with Gasteiger partial charge in [0.1, 0.15) is 0 Å². The number of benzene rings is 1. The van der Waals surface area contributed by atoms with Crippen molar-refractivity contribution in [1.82, 2.24) is 5.32 Å². The van der Waals surface area contributed by atoms with Crippen LogP contribution in [0.2, 0.25) is 0 Å². The lowest BCUT2D eigenvalue weighted by Crippen LogP contribution is -2.39. The maximum atomic E-state index is 12.6. The highest BCUT2D eigenvalue weighted by molar-refractivity contribution is 5.95. The number of aliphatic carboxylic acids is 1. The summed E-state index contributed by atoms with van der Waals surface area (Å²) < 4.78 is 0. The van der Waals surface area contributed by atoms with E-state index in [0.29, 0.717) is 19.3 Å². The van der Waals surface area contributed by atoms with Crippen LogP contribution >= 0.6 is 0 Å². The van der Waals surface area contributed by atoms with Crippen LogP contribution in [-0.2, 0) is 14.4 Å². The Balaban J connectivity index is 1.64. The fourth-order valence-corrected chi connectivity index (χ4v) is 3.64. The van der Waals surface area contributed by atoms with E-state index < -0.39 is 17.8 Å². The van der Waals surface area contributed by atoms with E-state index in [2.05, 4.69) is 5.32 Å². The number of carbonyl (C=O) groups excluding carboxylic acids is 2. The highest BCUT2D eigenvalue weighted by Gasteiger charge is 2.34. The lowest BCUT2D eigenvalue weighted by atomic mass is 9.82. The average molecular weight is 356 g/mol. The monoisotopic (exact) mass is 356 g/mol. The van der Waals surface area contributed by atoms with Crippen molar-refractivity contribution in [2.45, 2.75) is 38.6 Å². The summed E-state index contributed by atoms with van der Waals surface area (Å²) in [5.41, 5.74) is 1.80. The number of amides is 2. The second-order valence-electron chi connectivity index (χ2n) is 6.96. The zero-order valence-corrected chi connectivity index (χ0v) is 14.9. The summed E-state index contributed by atoms with van der Waals surface area (Å²) in [6, 6.07) is 7.36. The number of carbonyl (C=O) groups is 3. The summed E-state index contributed by atoms with van der Waals surface area (Å²) in [6.07, 6.45) is 6.01. The van der Waals surface area contributed by atoms with Gasteiger partial charge in [0.2, 0.25) is 11.8 Å². The normalized spacial score (nSPS) is 23.7. The Morgan fingerprint density at radius 1 is 1.15 bits per heavy atom. The Morgan fingerprint density at radius 2 is 1.81 bits per heavy atom. The van der Waals surface area contributed by atoms with Crippen LogP contribution in [-0.4, -0.2) is 29.4 Å². The minimum absolute atomic E-state index is 0.143. The molecule has 0 radical (unpaired) electrons. The molecule has 1 saturated heterocycles. The number of rotatable bonds is 5. The summed E-state index contributed by atoms with van der Waals surface area (Å²) in [5.74, 6) is -2.23. The van der Waals surface area contributed by atoms with Crippen molar-refractivity contribution in [2.24, 2.45) is 11.8 Å². The fourth-order valence-electron chi connectivity index (χ4n) is 3.64. The van der Waals surface area contributed by atoms with Crippen molar-refractivity contribution < 1.29 is 19.5 Å². The fraction of sp³-hybridized carbons (Fsp3) is 0.450. The molecule has 3 rings (SSSR count). The standard InChI is InChI=1S/C20H24N2O4/c1-13(21-19(24)16-5-2-3-6-17(16)20(25)26)14-8-10-15(11-9-14)22-12-4-7-18(22)23/h2-3,8-11,13,16-17H,4-7,12H2,1H3,(H,21,24)(H,25,26)/t13-,16+,17-/m0/s1. The third kappa shape index (κ3) is 3.79. The van der Waals surface area contributed by atoms with Crippen molar-refractivity contribution in [3.63, 3.8) is 0 Å². The number of hydrogen-bond donors (Lipinski definition) is 2.